The van der Waals surface area contributed by atoms with E-state index in [1.165, 1.54) is 6.42 Å². The monoisotopic (exact) mass is 361 g/mol. The molecule has 0 fully saturated rings. The van der Waals surface area contributed by atoms with Gasteiger partial charge in [0.05, 0.1) is 0 Å². The molecule has 0 aliphatic carbocycles. The van der Waals surface area contributed by atoms with Gasteiger partial charge in [-0.3, -0.25) is 4.79 Å². The van der Waals surface area contributed by atoms with Crippen LogP contribution < -0.4 is 11.1 Å². The Morgan fingerprint density at radius 2 is 1.81 bits per heavy atom. The Bertz CT molecular complexity index is 944. The normalized spacial score (nSPS) is 14.4. The third-order valence-electron chi connectivity index (χ3n) is 4.99. The van der Waals surface area contributed by atoms with Crippen LogP contribution in [-0.4, -0.2) is 20.7 Å². The minimum Gasteiger partial charge on any atom is -0.324 e. The van der Waals surface area contributed by atoms with Crippen molar-refractivity contribution in [3.05, 3.63) is 65.5 Å². The van der Waals surface area contributed by atoms with Gasteiger partial charge in [-0.15, -0.1) is 10.2 Å². The largest absolute Gasteiger partial charge is 0.324 e. The summed E-state index contributed by atoms with van der Waals surface area (Å²) in [5.74, 6) is 1.71. The van der Waals surface area contributed by atoms with Gasteiger partial charge in [-0.25, -0.2) is 0 Å². The standard InChI is InChI=1S/C21H23N5O/c1-14-5-7-15(8-6-14)19(22)21(27)23-17-11-9-16(10-12-17)20-25-24-18-4-2-3-13-26(18)20/h5-12,19H,2-4,13,22H2,1H3,(H,23,27). The number of amides is 1. The summed E-state index contributed by atoms with van der Waals surface area (Å²) in [5, 5.41) is 11.5. The highest BCUT2D eigenvalue weighted by Crippen LogP contribution is 2.24. The Hall–Kier alpha value is -2.99. The summed E-state index contributed by atoms with van der Waals surface area (Å²) in [6.07, 6.45) is 3.31. The third kappa shape index (κ3) is 3.61. The van der Waals surface area contributed by atoms with Gasteiger partial charge in [0, 0.05) is 24.2 Å². The van der Waals surface area contributed by atoms with Gasteiger partial charge in [-0.1, -0.05) is 29.8 Å². The van der Waals surface area contributed by atoms with Gasteiger partial charge < -0.3 is 15.6 Å². The fourth-order valence-corrected chi connectivity index (χ4v) is 3.37. The average molecular weight is 361 g/mol. The van der Waals surface area contributed by atoms with E-state index in [1.54, 1.807) is 0 Å². The molecular weight excluding hydrogens is 338 g/mol. The number of benzene rings is 2. The molecule has 0 radical (unpaired) electrons. The topological polar surface area (TPSA) is 85.8 Å². The number of hydrogen-bond donors (Lipinski definition) is 2. The quantitative estimate of drug-likeness (QED) is 0.747. The molecule has 1 aromatic heterocycles. The first-order valence-corrected chi connectivity index (χ1v) is 9.27. The molecule has 2 heterocycles. The van der Waals surface area contributed by atoms with Crippen LogP contribution >= 0.6 is 0 Å². The zero-order chi connectivity index (χ0) is 18.8. The smallest absolute Gasteiger partial charge is 0.245 e. The molecule has 1 unspecified atom stereocenters. The van der Waals surface area contributed by atoms with E-state index in [0.29, 0.717) is 5.69 Å². The van der Waals surface area contributed by atoms with E-state index in [2.05, 4.69) is 20.1 Å². The van der Waals surface area contributed by atoms with Crippen molar-refractivity contribution in [3.63, 3.8) is 0 Å². The lowest BCUT2D eigenvalue weighted by molar-refractivity contribution is -0.117. The minimum absolute atomic E-state index is 0.230. The molecule has 138 valence electrons. The Labute approximate surface area is 158 Å². The molecule has 3 aromatic rings. The number of aryl methyl sites for hydroxylation is 2. The number of carbonyl (C=O) groups is 1. The molecule has 0 saturated heterocycles. The van der Waals surface area contributed by atoms with E-state index in [9.17, 15) is 4.79 Å². The Kier molecular flexibility index (Phi) is 4.73. The lowest BCUT2D eigenvalue weighted by Crippen LogP contribution is -2.27. The van der Waals surface area contributed by atoms with Crippen molar-refractivity contribution < 1.29 is 4.79 Å². The number of aromatic nitrogens is 3. The van der Waals surface area contributed by atoms with Crippen molar-refractivity contribution >= 4 is 11.6 Å². The SMILES string of the molecule is Cc1ccc(C(N)C(=O)Nc2ccc(-c3nnc4n3CCCC4)cc2)cc1. The predicted octanol–water partition coefficient (Wildman–Crippen LogP) is 3.23. The maximum atomic E-state index is 12.4. The highest BCUT2D eigenvalue weighted by Gasteiger charge is 2.18. The second-order valence-electron chi connectivity index (χ2n) is 7.00. The fraction of sp³-hybridized carbons (Fsp3) is 0.286. The van der Waals surface area contributed by atoms with Crippen LogP contribution in [0, 0.1) is 6.92 Å². The number of rotatable bonds is 4. The van der Waals surface area contributed by atoms with E-state index in [1.807, 2.05) is 55.5 Å². The second-order valence-corrected chi connectivity index (χ2v) is 7.00. The van der Waals surface area contributed by atoms with Gasteiger partial charge in [0.1, 0.15) is 11.9 Å². The molecule has 6 heteroatoms. The first kappa shape index (κ1) is 17.4. The second kappa shape index (κ2) is 7.32. The summed E-state index contributed by atoms with van der Waals surface area (Å²) < 4.78 is 2.18. The minimum atomic E-state index is -0.700. The van der Waals surface area contributed by atoms with E-state index >= 15 is 0 Å². The highest BCUT2D eigenvalue weighted by molar-refractivity contribution is 5.95. The van der Waals surface area contributed by atoms with Crippen LogP contribution in [0.15, 0.2) is 48.5 Å². The number of nitrogens with two attached hydrogens (primary N) is 1. The Balaban J connectivity index is 1.47. The highest BCUT2D eigenvalue weighted by atomic mass is 16.2. The van der Waals surface area contributed by atoms with Crippen LogP contribution in [0.25, 0.3) is 11.4 Å². The molecule has 0 saturated carbocycles. The number of nitrogens with one attached hydrogen (secondary N) is 1. The van der Waals surface area contributed by atoms with E-state index in [4.69, 9.17) is 5.73 Å². The number of fused-ring (bicyclic) bond motifs is 1. The van der Waals surface area contributed by atoms with Crippen LogP contribution in [0.4, 0.5) is 5.69 Å². The number of hydrogen-bond acceptors (Lipinski definition) is 4. The number of nitrogens with zero attached hydrogens (tertiary/aromatic N) is 3. The van der Waals surface area contributed by atoms with Crippen molar-refractivity contribution in [2.45, 2.75) is 38.8 Å². The van der Waals surface area contributed by atoms with E-state index < -0.39 is 6.04 Å². The van der Waals surface area contributed by atoms with Crippen molar-refractivity contribution in [2.75, 3.05) is 5.32 Å². The molecule has 27 heavy (non-hydrogen) atoms. The Morgan fingerprint density at radius 3 is 2.56 bits per heavy atom. The zero-order valence-corrected chi connectivity index (χ0v) is 15.4. The molecule has 1 amide bonds. The van der Waals surface area contributed by atoms with Gasteiger partial charge in [0.25, 0.3) is 0 Å². The summed E-state index contributed by atoms with van der Waals surface area (Å²) >= 11 is 0. The first-order chi connectivity index (χ1) is 13.1. The van der Waals surface area contributed by atoms with Crippen molar-refractivity contribution in [1.29, 1.82) is 0 Å². The molecule has 2 aromatic carbocycles. The van der Waals surface area contributed by atoms with Crippen LogP contribution in [-0.2, 0) is 17.8 Å². The predicted molar refractivity (Wildman–Crippen MR) is 105 cm³/mol. The van der Waals surface area contributed by atoms with Gasteiger partial charge in [0.2, 0.25) is 5.91 Å². The summed E-state index contributed by atoms with van der Waals surface area (Å²) in [7, 11) is 0. The number of carbonyl (C=O) groups excluding carboxylic acids is 1. The summed E-state index contributed by atoms with van der Waals surface area (Å²) in [6.45, 7) is 2.96. The van der Waals surface area contributed by atoms with Crippen LogP contribution in [0.2, 0.25) is 0 Å². The zero-order valence-electron chi connectivity index (χ0n) is 15.4. The molecule has 1 aliphatic heterocycles. The van der Waals surface area contributed by atoms with Crippen molar-refractivity contribution in [1.82, 2.24) is 14.8 Å². The third-order valence-corrected chi connectivity index (χ3v) is 4.99. The van der Waals surface area contributed by atoms with E-state index in [0.717, 1.165) is 47.7 Å². The van der Waals surface area contributed by atoms with Crippen molar-refractivity contribution in [2.24, 2.45) is 5.73 Å². The average Bonchev–Trinajstić information content (AvgIpc) is 3.13. The van der Waals surface area contributed by atoms with Crippen LogP contribution in [0.3, 0.4) is 0 Å². The fourth-order valence-electron chi connectivity index (χ4n) is 3.37. The molecule has 1 atom stereocenters. The maximum absolute atomic E-state index is 12.4. The molecule has 0 spiro atoms. The van der Waals surface area contributed by atoms with Gasteiger partial charge in [-0.2, -0.15) is 0 Å². The molecule has 6 nitrogen and oxygen atoms in total. The maximum Gasteiger partial charge on any atom is 0.245 e. The molecule has 0 bridgehead atoms. The van der Waals surface area contributed by atoms with Gasteiger partial charge in [0.15, 0.2) is 5.82 Å². The molecule has 4 rings (SSSR count). The number of anilines is 1. The summed E-state index contributed by atoms with van der Waals surface area (Å²) in [6, 6.07) is 14.6. The molecular formula is C21H23N5O. The molecule has 1 aliphatic rings. The van der Waals surface area contributed by atoms with Crippen molar-refractivity contribution in [3.8, 4) is 11.4 Å². The summed E-state index contributed by atoms with van der Waals surface area (Å²) in [5.41, 5.74) is 9.73. The van der Waals surface area contributed by atoms with E-state index in [-0.39, 0.29) is 5.91 Å². The lowest BCUT2D eigenvalue weighted by atomic mass is 10.1. The van der Waals surface area contributed by atoms with Crippen LogP contribution in [0.5, 0.6) is 0 Å². The van der Waals surface area contributed by atoms with Crippen LogP contribution in [0.1, 0.15) is 35.8 Å². The first-order valence-electron chi connectivity index (χ1n) is 9.27. The lowest BCUT2D eigenvalue weighted by Gasteiger charge is -2.15. The molecule has 3 N–H and O–H groups in total. The summed E-state index contributed by atoms with van der Waals surface area (Å²) in [4.78, 5) is 12.4. The van der Waals surface area contributed by atoms with Gasteiger partial charge in [-0.05, 0) is 49.6 Å². The van der Waals surface area contributed by atoms with Gasteiger partial charge >= 0.3 is 0 Å². The Morgan fingerprint density at radius 1 is 1.07 bits per heavy atom.